The molecule has 2 N–H and O–H groups in total. The van der Waals surface area contributed by atoms with E-state index in [1.165, 1.54) is 23.9 Å². The van der Waals surface area contributed by atoms with Gasteiger partial charge in [0, 0.05) is 11.4 Å². The van der Waals surface area contributed by atoms with Gasteiger partial charge in [-0.15, -0.1) is 11.8 Å². The van der Waals surface area contributed by atoms with E-state index in [4.69, 9.17) is 35.7 Å². The van der Waals surface area contributed by atoms with Gasteiger partial charge in [-0.3, -0.25) is 4.79 Å². The third-order valence-corrected chi connectivity index (χ3v) is 4.29. The lowest BCUT2D eigenvalue weighted by atomic mass is 10.2. The average Bonchev–Trinajstić information content (AvgIpc) is 2.68. The largest absolute Gasteiger partial charge is 0.478 e. The highest BCUT2D eigenvalue weighted by molar-refractivity contribution is 7.99. The topological polar surface area (TPSA) is 103 Å². The average molecular weight is 436 g/mol. The minimum absolute atomic E-state index is 0.146. The van der Waals surface area contributed by atoms with Gasteiger partial charge < -0.3 is 29.4 Å². The Hall–Kier alpha value is -1.36. The van der Waals surface area contributed by atoms with Crippen molar-refractivity contribution >= 4 is 40.9 Å². The molecule has 1 aromatic carbocycles. The third kappa shape index (κ3) is 12.9. The van der Waals surface area contributed by atoms with Crippen LogP contribution in [0.15, 0.2) is 24.3 Å². The number of carboxylic acid groups (broad SMARTS) is 1. The Morgan fingerprint density at radius 1 is 0.893 bits per heavy atom. The number of ether oxygens (including phenoxy) is 4. The second kappa shape index (κ2) is 16.6. The smallest absolute Gasteiger partial charge is 0.335 e. The first-order valence-corrected chi connectivity index (χ1v) is 10.4. The van der Waals surface area contributed by atoms with E-state index < -0.39 is 5.97 Å². The van der Waals surface area contributed by atoms with Crippen LogP contribution in [0.25, 0.3) is 0 Å². The molecule has 0 bridgehead atoms. The minimum atomic E-state index is -1.000. The van der Waals surface area contributed by atoms with Gasteiger partial charge in [0.2, 0.25) is 5.91 Å². The van der Waals surface area contributed by atoms with Crippen molar-refractivity contribution in [3.63, 3.8) is 0 Å². The summed E-state index contributed by atoms with van der Waals surface area (Å²) in [6, 6.07) is 6.19. The maximum Gasteiger partial charge on any atom is 0.335 e. The fourth-order valence-electron chi connectivity index (χ4n) is 1.89. The Morgan fingerprint density at radius 3 is 1.96 bits per heavy atom. The highest BCUT2D eigenvalue weighted by Crippen LogP contribution is 2.10. The van der Waals surface area contributed by atoms with E-state index in [1.807, 2.05) is 0 Å². The Balaban J connectivity index is 1.90. The summed E-state index contributed by atoms with van der Waals surface area (Å²) in [5.41, 5.74) is 0.748. The summed E-state index contributed by atoms with van der Waals surface area (Å²) in [4.78, 5) is 22.6. The van der Waals surface area contributed by atoms with Gasteiger partial charge in [0.1, 0.15) is 6.07 Å². The second-order valence-corrected chi connectivity index (χ2v) is 6.66. The molecule has 1 aromatic rings. The number of carboxylic acids is 1. The van der Waals surface area contributed by atoms with Gasteiger partial charge in [0.15, 0.2) is 0 Å². The van der Waals surface area contributed by atoms with Crippen LogP contribution < -0.4 is 5.32 Å². The molecule has 0 aliphatic carbocycles. The van der Waals surface area contributed by atoms with E-state index in [9.17, 15) is 9.59 Å². The zero-order valence-electron chi connectivity index (χ0n) is 15.6. The Bertz CT molecular complexity index is 559. The Morgan fingerprint density at radius 2 is 1.43 bits per heavy atom. The van der Waals surface area contributed by atoms with Crippen LogP contribution in [0.2, 0.25) is 0 Å². The van der Waals surface area contributed by atoms with E-state index >= 15 is 0 Å². The predicted molar refractivity (Wildman–Crippen MR) is 108 cm³/mol. The molecule has 10 heteroatoms. The zero-order valence-corrected chi connectivity index (χ0v) is 17.1. The van der Waals surface area contributed by atoms with E-state index in [0.717, 1.165) is 0 Å². The number of hydrogen-bond acceptors (Lipinski definition) is 7. The predicted octanol–water partition coefficient (Wildman–Crippen LogP) is 2.32. The maximum absolute atomic E-state index is 11.8. The first-order valence-electron chi connectivity index (χ1n) is 8.71. The molecule has 0 atom stereocenters. The monoisotopic (exact) mass is 435 g/mol. The van der Waals surface area contributed by atoms with Gasteiger partial charge in [-0.1, -0.05) is 11.6 Å². The summed E-state index contributed by atoms with van der Waals surface area (Å²) in [6.45, 7) is 3.45. The molecule has 0 aromatic heterocycles. The van der Waals surface area contributed by atoms with Crippen LogP contribution in [-0.4, -0.2) is 80.8 Å². The number of carbonyl (C=O) groups excluding carboxylic acids is 1. The molecule has 0 saturated carbocycles. The third-order valence-electron chi connectivity index (χ3n) is 3.21. The lowest BCUT2D eigenvalue weighted by Gasteiger charge is -2.07. The maximum atomic E-state index is 11.8. The van der Waals surface area contributed by atoms with Gasteiger partial charge in [-0.2, -0.15) is 0 Å². The van der Waals surface area contributed by atoms with Crippen LogP contribution in [0.5, 0.6) is 0 Å². The molecule has 0 radical (unpaired) electrons. The van der Waals surface area contributed by atoms with Crippen molar-refractivity contribution in [2.75, 3.05) is 69.1 Å². The summed E-state index contributed by atoms with van der Waals surface area (Å²) in [5.74, 6) is -0.159. The van der Waals surface area contributed by atoms with Crippen molar-refractivity contribution in [2.45, 2.75) is 0 Å². The normalized spacial score (nSPS) is 10.8. The molecule has 0 aliphatic rings. The highest BCUT2D eigenvalue weighted by Gasteiger charge is 2.05. The number of nitrogens with one attached hydrogen (secondary N) is 1. The molecule has 1 amide bonds. The van der Waals surface area contributed by atoms with Crippen LogP contribution >= 0.6 is 23.4 Å². The molecule has 28 heavy (non-hydrogen) atoms. The number of benzene rings is 1. The number of amides is 1. The molecule has 8 nitrogen and oxygen atoms in total. The van der Waals surface area contributed by atoms with Crippen LogP contribution in [0.1, 0.15) is 10.4 Å². The summed E-state index contributed by atoms with van der Waals surface area (Å²) in [5, 5.41) is 11.5. The number of alkyl halides is 1. The Kier molecular flexibility index (Phi) is 14.6. The van der Waals surface area contributed by atoms with E-state index in [0.29, 0.717) is 63.4 Å². The molecular weight excluding hydrogens is 410 g/mol. The lowest BCUT2D eigenvalue weighted by molar-refractivity contribution is -0.113. The molecule has 1 rings (SSSR count). The summed E-state index contributed by atoms with van der Waals surface area (Å²) >= 11 is 6.81. The molecule has 0 unspecified atom stereocenters. The lowest BCUT2D eigenvalue weighted by Crippen LogP contribution is -2.15. The van der Waals surface area contributed by atoms with Crippen LogP contribution in [0.3, 0.4) is 0 Å². The fraction of sp³-hybridized carbons (Fsp3) is 0.556. The van der Waals surface area contributed by atoms with Gasteiger partial charge in [0.05, 0.1) is 57.6 Å². The zero-order chi connectivity index (χ0) is 20.5. The number of halogens is 1. The molecule has 0 saturated heterocycles. The standard InChI is InChI=1S/C18H26ClNO7S/c19-14-27-10-9-25-6-5-24-7-8-26-11-12-28-13-17(21)20-16-3-1-15(2-4-16)18(22)23/h1-4H,5-14H2,(H,20,21)(H,22,23). The minimum Gasteiger partial charge on any atom is -0.478 e. The molecule has 158 valence electrons. The number of thioether (sulfide) groups is 1. The molecule has 0 aliphatic heterocycles. The van der Waals surface area contributed by atoms with Crippen molar-refractivity contribution in [1.82, 2.24) is 0 Å². The van der Waals surface area contributed by atoms with E-state index in [-0.39, 0.29) is 17.5 Å². The van der Waals surface area contributed by atoms with Gasteiger partial charge in [-0.05, 0) is 24.3 Å². The SMILES string of the molecule is O=C(CSCCOCCOCCOCCOCCl)Nc1ccc(C(=O)O)cc1. The van der Waals surface area contributed by atoms with Crippen molar-refractivity contribution in [3.8, 4) is 0 Å². The first kappa shape index (κ1) is 24.7. The molecular formula is C18H26ClNO7S. The summed E-state index contributed by atoms with van der Waals surface area (Å²) < 4.78 is 20.9. The van der Waals surface area contributed by atoms with Crippen molar-refractivity contribution < 1.29 is 33.6 Å². The van der Waals surface area contributed by atoms with Crippen LogP contribution in [0, 0.1) is 0 Å². The fourth-order valence-corrected chi connectivity index (χ4v) is 2.64. The van der Waals surface area contributed by atoms with Crippen LogP contribution in [-0.2, 0) is 23.7 Å². The number of hydrogen-bond donors (Lipinski definition) is 2. The molecule has 0 fully saturated rings. The van der Waals surface area contributed by atoms with Crippen LogP contribution in [0.4, 0.5) is 5.69 Å². The van der Waals surface area contributed by atoms with Gasteiger partial charge >= 0.3 is 5.97 Å². The number of anilines is 1. The van der Waals surface area contributed by atoms with E-state index in [2.05, 4.69) is 5.32 Å². The number of rotatable bonds is 17. The van der Waals surface area contributed by atoms with Gasteiger partial charge in [0.25, 0.3) is 0 Å². The number of carbonyl (C=O) groups is 2. The van der Waals surface area contributed by atoms with Crippen molar-refractivity contribution in [1.29, 1.82) is 0 Å². The molecule has 0 heterocycles. The highest BCUT2D eigenvalue weighted by atomic mass is 35.5. The van der Waals surface area contributed by atoms with Crippen molar-refractivity contribution in [2.24, 2.45) is 0 Å². The first-order chi connectivity index (χ1) is 13.6. The van der Waals surface area contributed by atoms with Crippen molar-refractivity contribution in [3.05, 3.63) is 29.8 Å². The summed E-state index contributed by atoms with van der Waals surface area (Å²) in [6.07, 6.45) is 0. The second-order valence-electron chi connectivity index (χ2n) is 5.34. The summed E-state index contributed by atoms with van der Waals surface area (Å²) in [7, 11) is 0. The quantitative estimate of drug-likeness (QED) is 0.284. The number of aromatic carboxylic acids is 1. The van der Waals surface area contributed by atoms with E-state index in [1.54, 1.807) is 12.1 Å². The Labute approximate surface area is 173 Å². The molecule has 0 spiro atoms. The van der Waals surface area contributed by atoms with Gasteiger partial charge in [-0.25, -0.2) is 4.79 Å².